The van der Waals surface area contributed by atoms with Crippen molar-refractivity contribution >= 4 is 0 Å². The van der Waals surface area contributed by atoms with Crippen LogP contribution in [0, 0.1) is 0 Å². The summed E-state index contributed by atoms with van der Waals surface area (Å²) in [5.74, 6) is 1.63. The van der Waals surface area contributed by atoms with Gasteiger partial charge in [-0.3, -0.25) is 0 Å². The van der Waals surface area contributed by atoms with Gasteiger partial charge < -0.3 is 14.8 Å². The minimum Gasteiger partial charge on any atom is -0.493 e. The van der Waals surface area contributed by atoms with Crippen molar-refractivity contribution < 1.29 is 9.47 Å². The molecule has 0 aliphatic rings. The lowest BCUT2D eigenvalue weighted by atomic mass is 10.1. The maximum absolute atomic E-state index is 5.75. The Balaban J connectivity index is 2.63. The van der Waals surface area contributed by atoms with E-state index in [9.17, 15) is 0 Å². The van der Waals surface area contributed by atoms with Crippen LogP contribution in [0.4, 0.5) is 0 Å². The van der Waals surface area contributed by atoms with Crippen LogP contribution in [0.2, 0.25) is 0 Å². The normalized spacial score (nSPS) is 12.2. The number of likely N-dealkylation sites (N-methyl/N-ethyl adjacent to an activating group) is 1. The van der Waals surface area contributed by atoms with Crippen molar-refractivity contribution in [1.29, 1.82) is 0 Å². The highest BCUT2D eigenvalue weighted by atomic mass is 16.5. The van der Waals surface area contributed by atoms with E-state index in [2.05, 4.69) is 32.2 Å². The summed E-state index contributed by atoms with van der Waals surface area (Å²) in [6, 6.07) is 6.44. The van der Waals surface area contributed by atoms with Gasteiger partial charge in [0.05, 0.1) is 7.11 Å². The van der Waals surface area contributed by atoms with Gasteiger partial charge in [0.15, 0.2) is 11.5 Å². The van der Waals surface area contributed by atoms with E-state index in [1.165, 1.54) is 5.56 Å². The van der Waals surface area contributed by atoms with Crippen LogP contribution in [0.25, 0.3) is 0 Å². The first-order valence-electron chi connectivity index (χ1n) is 6.24. The second-order valence-corrected chi connectivity index (χ2v) is 4.11. The molecule has 3 heteroatoms. The molecule has 1 atom stereocenters. The zero-order chi connectivity index (χ0) is 12.7. The van der Waals surface area contributed by atoms with Crippen LogP contribution in [0.15, 0.2) is 18.2 Å². The minimum absolute atomic E-state index is 0.343. The molecule has 0 aliphatic carbocycles. The van der Waals surface area contributed by atoms with Crippen LogP contribution in [0.3, 0.4) is 0 Å². The Kier molecular flexibility index (Phi) is 5.84. The highest BCUT2D eigenvalue weighted by Crippen LogP contribution is 2.28. The van der Waals surface area contributed by atoms with E-state index in [0.717, 1.165) is 24.5 Å². The summed E-state index contributed by atoms with van der Waals surface area (Å²) in [5, 5.41) is 3.31. The third-order valence-electron chi connectivity index (χ3n) is 2.68. The molecule has 0 aliphatic heterocycles. The molecule has 0 amide bonds. The molecule has 17 heavy (non-hydrogen) atoms. The molecule has 0 saturated carbocycles. The van der Waals surface area contributed by atoms with Gasteiger partial charge >= 0.3 is 0 Å². The van der Waals surface area contributed by atoms with Crippen LogP contribution >= 0.6 is 0 Å². The molecule has 96 valence electrons. The Morgan fingerprint density at radius 3 is 2.59 bits per heavy atom. The van der Waals surface area contributed by atoms with Gasteiger partial charge in [0.2, 0.25) is 0 Å². The van der Waals surface area contributed by atoms with Crippen molar-refractivity contribution in [1.82, 2.24) is 5.32 Å². The zero-order valence-corrected chi connectivity index (χ0v) is 11.2. The quantitative estimate of drug-likeness (QED) is 0.791. The Morgan fingerprint density at radius 1 is 1.24 bits per heavy atom. The van der Waals surface area contributed by atoms with Crippen molar-refractivity contribution in [3.8, 4) is 11.5 Å². The van der Waals surface area contributed by atoms with Crippen molar-refractivity contribution in [2.45, 2.75) is 33.2 Å². The van der Waals surface area contributed by atoms with E-state index in [4.69, 9.17) is 9.47 Å². The third kappa shape index (κ3) is 4.27. The second-order valence-electron chi connectivity index (χ2n) is 4.11. The summed E-state index contributed by atoms with van der Waals surface area (Å²) < 4.78 is 11.1. The summed E-state index contributed by atoms with van der Waals surface area (Å²) in [4.78, 5) is 0. The zero-order valence-electron chi connectivity index (χ0n) is 11.2. The van der Waals surface area contributed by atoms with E-state index in [1.54, 1.807) is 7.11 Å². The van der Waals surface area contributed by atoms with E-state index in [1.807, 2.05) is 12.1 Å². The number of benzene rings is 1. The lowest BCUT2D eigenvalue weighted by Crippen LogP contribution is -2.31. The van der Waals surface area contributed by atoms with Crippen molar-refractivity contribution in [3.63, 3.8) is 0 Å². The fourth-order valence-corrected chi connectivity index (χ4v) is 1.67. The Labute approximate surface area is 104 Å². The van der Waals surface area contributed by atoms with Gasteiger partial charge in [0.25, 0.3) is 0 Å². The van der Waals surface area contributed by atoms with Crippen LogP contribution < -0.4 is 14.8 Å². The van der Waals surface area contributed by atoms with Crippen molar-refractivity contribution in [2.75, 3.05) is 20.3 Å². The van der Waals surface area contributed by atoms with Crippen molar-refractivity contribution in [3.05, 3.63) is 23.8 Å². The van der Waals surface area contributed by atoms with Gasteiger partial charge in [-0.2, -0.15) is 0 Å². The van der Waals surface area contributed by atoms with Crippen LogP contribution in [-0.2, 0) is 6.42 Å². The fraction of sp³-hybridized carbons (Fsp3) is 0.571. The number of aryl methyl sites for hydroxylation is 1. The number of ether oxygens (including phenoxy) is 2. The molecule has 0 radical (unpaired) electrons. The SMILES string of the molecule is CCNC(C)COc1ccc(CC)cc1OC. The maximum atomic E-state index is 5.75. The molecule has 0 aromatic heterocycles. The predicted octanol–water partition coefficient (Wildman–Crippen LogP) is 2.63. The fourth-order valence-electron chi connectivity index (χ4n) is 1.67. The van der Waals surface area contributed by atoms with Crippen molar-refractivity contribution in [2.24, 2.45) is 0 Å². The van der Waals surface area contributed by atoms with Gasteiger partial charge in [-0.05, 0) is 37.6 Å². The summed E-state index contributed by atoms with van der Waals surface area (Å²) in [7, 11) is 1.68. The summed E-state index contributed by atoms with van der Waals surface area (Å²) in [6.07, 6.45) is 1.00. The van der Waals surface area contributed by atoms with Crippen LogP contribution in [0.1, 0.15) is 26.3 Å². The van der Waals surface area contributed by atoms with Gasteiger partial charge in [0.1, 0.15) is 6.61 Å². The molecule has 0 fully saturated rings. The smallest absolute Gasteiger partial charge is 0.161 e. The monoisotopic (exact) mass is 237 g/mol. The van der Waals surface area contributed by atoms with Gasteiger partial charge in [0, 0.05) is 6.04 Å². The number of rotatable bonds is 7. The molecule has 0 bridgehead atoms. The highest BCUT2D eigenvalue weighted by Gasteiger charge is 2.07. The number of nitrogens with one attached hydrogen (secondary N) is 1. The minimum atomic E-state index is 0.343. The molecular weight excluding hydrogens is 214 g/mol. The lowest BCUT2D eigenvalue weighted by Gasteiger charge is -2.16. The standard InChI is InChI=1S/C14H23NO2/c1-5-12-7-8-13(14(9-12)16-4)17-10-11(3)15-6-2/h7-9,11,15H,5-6,10H2,1-4H3. The number of hydrogen-bond donors (Lipinski definition) is 1. The summed E-state index contributed by atoms with van der Waals surface area (Å²) in [6.45, 7) is 7.93. The van der Waals surface area contributed by atoms with Gasteiger partial charge in [-0.25, -0.2) is 0 Å². The molecule has 1 rings (SSSR count). The van der Waals surface area contributed by atoms with E-state index in [0.29, 0.717) is 12.6 Å². The Bertz CT molecular complexity index is 339. The van der Waals surface area contributed by atoms with Gasteiger partial charge in [-0.1, -0.05) is 19.9 Å². The molecule has 0 heterocycles. The molecule has 1 N–H and O–H groups in total. The molecule has 3 nitrogen and oxygen atoms in total. The maximum Gasteiger partial charge on any atom is 0.161 e. The van der Waals surface area contributed by atoms with E-state index < -0.39 is 0 Å². The molecule has 0 saturated heterocycles. The molecule has 1 aromatic rings. The highest BCUT2D eigenvalue weighted by molar-refractivity contribution is 5.42. The van der Waals surface area contributed by atoms with Crippen LogP contribution in [-0.4, -0.2) is 26.3 Å². The Morgan fingerprint density at radius 2 is 2.00 bits per heavy atom. The molecular formula is C14H23NO2. The average molecular weight is 237 g/mol. The molecule has 1 unspecified atom stereocenters. The largest absolute Gasteiger partial charge is 0.493 e. The first-order valence-corrected chi connectivity index (χ1v) is 6.24. The molecule has 0 spiro atoms. The predicted molar refractivity (Wildman–Crippen MR) is 71.0 cm³/mol. The van der Waals surface area contributed by atoms with E-state index in [-0.39, 0.29) is 0 Å². The number of hydrogen-bond acceptors (Lipinski definition) is 3. The van der Waals surface area contributed by atoms with Crippen LogP contribution in [0.5, 0.6) is 11.5 Å². The lowest BCUT2D eigenvalue weighted by molar-refractivity contribution is 0.261. The number of methoxy groups -OCH3 is 1. The molecule has 1 aromatic carbocycles. The first kappa shape index (κ1) is 13.8. The average Bonchev–Trinajstić information content (AvgIpc) is 2.36. The topological polar surface area (TPSA) is 30.5 Å². The summed E-state index contributed by atoms with van der Waals surface area (Å²) >= 11 is 0. The summed E-state index contributed by atoms with van der Waals surface area (Å²) in [5.41, 5.74) is 1.26. The van der Waals surface area contributed by atoms with Gasteiger partial charge in [-0.15, -0.1) is 0 Å². The first-order chi connectivity index (χ1) is 8.21. The second kappa shape index (κ2) is 7.17. The van der Waals surface area contributed by atoms with E-state index >= 15 is 0 Å². The third-order valence-corrected chi connectivity index (χ3v) is 2.68. The Hall–Kier alpha value is -1.22.